The first-order chi connectivity index (χ1) is 7.90. The van der Waals surface area contributed by atoms with E-state index in [0.29, 0.717) is 23.0 Å². The summed E-state index contributed by atoms with van der Waals surface area (Å²) in [5.74, 6) is -0.474. The fraction of sp³-hybridized carbons (Fsp3) is 0.364. The molecule has 1 fully saturated rings. The smallest absolute Gasteiger partial charge is 0.226 e. The standard InChI is InChI=1S/C11H9Cl4NO/c12-7-2-1-6(9(13)3-7)5-16-10(17)8-4-11(8,14)15/h1-3,8H,4-5H2,(H,16,17). The van der Waals surface area contributed by atoms with Crippen molar-refractivity contribution in [3.63, 3.8) is 0 Å². The summed E-state index contributed by atoms with van der Waals surface area (Å²) in [6.45, 7) is 0.342. The topological polar surface area (TPSA) is 29.1 Å². The van der Waals surface area contributed by atoms with E-state index in [-0.39, 0.29) is 11.8 Å². The lowest BCUT2D eigenvalue weighted by molar-refractivity contribution is -0.122. The van der Waals surface area contributed by atoms with Gasteiger partial charge in [-0.15, -0.1) is 23.2 Å². The molecule has 1 aliphatic carbocycles. The third kappa shape index (κ3) is 3.19. The van der Waals surface area contributed by atoms with Gasteiger partial charge in [0.2, 0.25) is 5.91 Å². The first-order valence-corrected chi connectivity index (χ1v) is 6.51. The Hall–Kier alpha value is -0.150. The highest BCUT2D eigenvalue weighted by atomic mass is 35.5. The van der Waals surface area contributed by atoms with Crippen LogP contribution < -0.4 is 5.32 Å². The summed E-state index contributed by atoms with van der Waals surface area (Å²) in [4.78, 5) is 11.6. The summed E-state index contributed by atoms with van der Waals surface area (Å²) in [6.07, 6.45) is 0.496. The van der Waals surface area contributed by atoms with Crippen LogP contribution in [0, 0.1) is 5.92 Å². The molecule has 1 atom stereocenters. The van der Waals surface area contributed by atoms with Gasteiger partial charge in [0.25, 0.3) is 0 Å². The summed E-state index contributed by atoms with van der Waals surface area (Å²) in [7, 11) is 0. The van der Waals surface area contributed by atoms with Crippen LogP contribution in [0.2, 0.25) is 10.0 Å². The Kier molecular flexibility index (Phi) is 3.79. The van der Waals surface area contributed by atoms with Crippen LogP contribution in [0.1, 0.15) is 12.0 Å². The Morgan fingerprint density at radius 2 is 2.06 bits per heavy atom. The van der Waals surface area contributed by atoms with Crippen LogP contribution >= 0.6 is 46.4 Å². The van der Waals surface area contributed by atoms with Crippen LogP contribution in [0.5, 0.6) is 0 Å². The molecule has 0 bridgehead atoms. The van der Waals surface area contributed by atoms with Crippen molar-refractivity contribution in [2.75, 3.05) is 0 Å². The molecule has 0 heterocycles. The number of rotatable bonds is 3. The first kappa shape index (κ1) is 13.3. The second-order valence-electron chi connectivity index (χ2n) is 3.97. The zero-order valence-corrected chi connectivity index (χ0v) is 11.7. The largest absolute Gasteiger partial charge is 0.352 e. The lowest BCUT2D eigenvalue weighted by Crippen LogP contribution is -2.26. The van der Waals surface area contributed by atoms with Crippen molar-refractivity contribution in [2.24, 2.45) is 5.92 Å². The van der Waals surface area contributed by atoms with Gasteiger partial charge in [0.1, 0.15) is 4.33 Å². The number of nitrogens with one attached hydrogen (secondary N) is 1. The number of carbonyl (C=O) groups excluding carboxylic acids is 1. The van der Waals surface area contributed by atoms with Gasteiger partial charge in [0.15, 0.2) is 0 Å². The Morgan fingerprint density at radius 3 is 2.59 bits per heavy atom. The first-order valence-electron chi connectivity index (χ1n) is 4.99. The number of hydrogen-bond donors (Lipinski definition) is 1. The summed E-state index contributed by atoms with van der Waals surface area (Å²) in [5, 5.41) is 3.83. The highest BCUT2D eigenvalue weighted by Gasteiger charge is 2.56. The SMILES string of the molecule is O=C(NCc1ccc(Cl)cc1Cl)C1CC1(Cl)Cl. The van der Waals surface area contributed by atoms with E-state index in [1.807, 2.05) is 0 Å². The van der Waals surface area contributed by atoms with Gasteiger partial charge in [-0.05, 0) is 24.1 Å². The van der Waals surface area contributed by atoms with Crippen molar-refractivity contribution in [1.82, 2.24) is 5.32 Å². The van der Waals surface area contributed by atoms with Gasteiger partial charge in [-0.3, -0.25) is 4.79 Å². The monoisotopic (exact) mass is 311 g/mol. The quantitative estimate of drug-likeness (QED) is 0.845. The number of amides is 1. The minimum absolute atomic E-state index is 0.152. The Labute approximate surface area is 119 Å². The van der Waals surface area contributed by atoms with Crippen molar-refractivity contribution in [1.29, 1.82) is 0 Å². The molecular formula is C11H9Cl4NO. The van der Waals surface area contributed by atoms with E-state index in [1.54, 1.807) is 18.2 Å². The van der Waals surface area contributed by atoms with Crippen molar-refractivity contribution < 1.29 is 4.79 Å². The Morgan fingerprint density at radius 1 is 1.41 bits per heavy atom. The average Bonchev–Trinajstić information content (AvgIpc) is 2.86. The number of benzene rings is 1. The van der Waals surface area contributed by atoms with Crippen molar-refractivity contribution in [2.45, 2.75) is 17.3 Å². The van der Waals surface area contributed by atoms with Gasteiger partial charge in [-0.2, -0.15) is 0 Å². The zero-order chi connectivity index (χ0) is 12.6. The third-order valence-electron chi connectivity index (χ3n) is 2.61. The molecule has 0 aromatic heterocycles. The van der Waals surface area contributed by atoms with E-state index < -0.39 is 4.33 Å². The van der Waals surface area contributed by atoms with Crippen LogP contribution in [0.4, 0.5) is 0 Å². The number of alkyl halides is 2. The zero-order valence-electron chi connectivity index (χ0n) is 8.64. The Balaban J connectivity index is 1.92. The molecule has 1 amide bonds. The lowest BCUT2D eigenvalue weighted by atomic mass is 10.2. The summed E-state index contributed by atoms with van der Waals surface area (Å²) in [6, 6.07) is 5.13. The van der Waals surface area contributed by atoms with Crippen LogP contribution in [0.15, 0.2) is 18.2 Å². The van der Waals surface area contributed by atoms with E-state index in [9.17, 15) is 4.79 Å². The van der Waals surface area contributed by atoms with E-state index in [4.69, 9.17) is 46.4 Å². The molecule has 2 rings (SSSR count). The van der Waals surface area contributed by atoms with E-state index in [1.165, 1.54) is 0 Å². The molecular weight excluding hydrogens is 304 g/mol. The van der Waals surface area contributed by atoms with Crippen molar-refractivity contribution in [3.05, 3.63) is 33.8 Å². The molecule has 92 valence electrons. The van der Waals surface area contributed by atoms with E-state index >= 15 is 0 Å². The van der Waals surface area contributed by atoms with Crippen molar-refractivity contribution >= 4 is 52.3 Å². The fourth-order valence-corrected chi connectivity index (χ4v) is 2.45. The molecule has 1 unspecified atom stereocenters. The third-order valence-corrected chi connectivity index (χ3v) is 4.03. The normalized spacial score (nSPS) is 21.1. The highest BCUT2D eigenvalue weighted by molar-refractivity contribution is 6.52. The van der Waals surface area contributed by atoms with Gasteiger partial charge in [0, 0.05) is 16.6 Å². The lowest BCUT2D eigenvalue weighted by Gasteiger charge is -2.07. The molecule has 1 N–H and O–H groups in total. The molecule has 6 heteroatoms. The van der Waals surface area contributed by atoms with Gasteiger partial charge in [-0.25, -0.2) is 0 Å². The second kappa shape index (κ2) is 4.85. The maximum absolute atomic E-state index is 11.6. The van der Waals surface area contributed by atoms with Crippen LogP contribution in [-0.4, -0.2) is 10.2 Å². The van der Waals surface area contributed by atoms with Gasteiger partial charge >= 0.3 is 0 Å². The molecule has 1 aromatic rings. The molecule has 0 spiro atoms. The van der Waals surface area contributed by atoms with Gasteiger partial charge in [0.05, 0.1) is 5.92 Å². The number of carbonyl (C=O) groups is 1. The minimum atomic E-state index is -0.895. The maximum Gasteiger partial charge on any atom is 0.226 e. The molecule has 0 saturated heterocycles. The van der Waals surface area contributed by atoms with Gasteiger partial charge in [-0.1, -0.05) is 29.3 Å². The van der Waals surface area contributed by atoms with Gasteiger partial charge < -0.3 is 5.32 Å². The molecule has 1 saturated carbocycles. The average molecular weight is 313 g/mol. The predicted molar refractivity (Wildman–Crippen MR) is 70.9 cm³/mol. The number of hydrogen-bond acceptors (Lipinski definition) is 1. The Bertz CT molecular complexity index is 461. The molecule has 1 aliphatic rings. The van der Waals surface area contributed by atoms with E-state index in [2.05, 4.69) is 5.32 Å². The molecule has 0 aliphatic heterocycles. The van der Waals surface area contributed by atoms with Crippen LogP contribution in [0.25, 0.3) is 0 Å². The summed E-state index contributed by atoms with van der Waals surface area (Å²) >= 11 is 23.3. The molecule has 17 heavy (non-hydrogen) atoms. The molecule has 0 radical (unpaired) electrons. The minimum Gasteiger partial charge on any atom is -0.352 e. The predicted octanol–water partition coefficient (Wildman–Crippen LogP) is 3.80. The molecule has 1 aromatic carbocycles. The number of halogens is 4. The van der Waals surface area contributed by atoms with Crippen LogP contribution in [-0.2, 0) is 11.3 Å². The second-order valence-corrected chi connectivity index (χ2v) is 6.36. The molecule has 2 nitrogen and oxygen atoms in total. The maximum atomic E-state index is 11.6. The fourth-order valence-electron chi connectivity index (χ4n) is 1.47. The summed E-state index contributed by atoms with van der Waals surface area (Å²) < 4.78 is -0.895. The summed E-state index contributed by atoms with van der Waals surface area (Å²) in [5.41, 5.74) is 0.805. The van der Waals surface area contributed by atoms with E-state index in [0.717, 1.165) is 5.56 Å². The van der Waals surface area contributed by atoms with Crippen LogP contribution in [0.3, 0.4) is 0 Å². The highest BCUT2D eigenvalue weighted by Crippen LogP contribution is 2.53. The van der Waals surface area contributed by atoms with Crippen molar-refractivity contribution in [3.8, 4) is 0 Å².